The van der Waals surface area contributed by atoms with E-state index in [0.717, 1.165) is 5.92 Å². The van der Waals surface area contributed by atoms with Gasteiger partial charge in [0, 0.05) is 6.04 Å². The molecule has 1 saturated carbocycles. The first-order valence-electron chi connectivity index (χ1n) is 3.06. The minimum absolute atomic E-state index is 0.514. The standard InChI is InChI=1S/C6H13N/c1-5-3-2-4-6(5)7/h5-6H,2-4,7H2,1H3/t5-,6+/m0/s1. The topological polar surface area (TPSA) is 26.0 Å². The average molecular weight is 99.2 g/mol. The molecule has 0 aromatic heterocycles. The molecule has 0 heterocycles. The Bertz CT molecular complexity index is 53.2. The first-order valence-corrected chi connectivity index (χ1v) is 3.06. The number of hydrogen-bond donors (Lipinski definition) is 1. The summed E-state index contributed by atoms with van der Waals surface area (Å²) in [7, 11) is 0. The molecule has 1 fully saturated rings. The van der Waals surface area contributed by atoms with Gasteiger partial charge in [-0.25, -0.2) is 0 Å². The molecule has 2 N–H and O–H groups in total. The molecule has 0 unspecified atom stereocenters. The molecule has 0 aromatic rings. The van der Waals surface area contributed by atoms with Crippen LogP contribution in [0.15, 0.2) is 0 Å². The third kappa shape index (κ3) is 0.942. The van der Waals surface area contributed by atoms with Crippen molar-refractivity contribution in [2.75, 3.05) is 0 Å². The van der Waals surface area contributed by atoms with Crippen LogP contribution < -0.4 is 5.73 Å². The second kappa shape index (κ2) is 1.83. The van der Waals surface area contributed by atoms with Gasteiger partial charge in [-0.05, 0) is 18.8 Å². The van der Waals surface area contributed by atoms with Crippen molar-refractivity contribution < 1.29 is 0 Å². The van der Waals surface area contributed by atoms with Crippen LogP contribution in [0.2, 0.25) is 0 Å². The molecule has 0 radical (unpaired) electrons. The van der Waals surface area contributed by atoms with Crippen LogP contribution >= 0.6 is 0 Å². The van der Waals surface area contributed by atoms with Crippen molar-refractivity contribution >= 4 is 0 Å². The van der Waals surface area contributed by atoms with Crippen molar-refractivity contribution in [2.24, 2.45) is 11.7 Å². The number of nitrogens with two attached hydrogens (primary N) is 1. The average Bonchev–Trinajstić information content (AvgIpc) is 1.91. The zero-order valence-corrected chi connectivity index (χ0v) is 4.85. The predicted molar refractivity (Wildman–Crippen MR) is 31.0 cm³/mol. The number of hydrogen-bond acceptors (Lipinski definition) is 1. The molecule has 7 heavy (non-hydrogen) atoms. The normalized spacial score (nSPS) is 42.0. The summed E-state index contributed by atoms with van der Waals surface area (Å²) in [6.07, 6.45) is 3.95. The Morgan fingerprint density at radius 2 is 2.14 bits per heavy atom. The quantitative estimate of drug-likeness (QED) is 0.484. The van der Waals surface area contributed by atoms with E-state index in [1.807, 2.05) is 0 Å². The molecule has 1 nitrogen and oxygen atoms in total. The van der Waals surface area contributed by atoms with Crippen LogP contribution in [0.4, 0.5) is 0 Å². The summed E-state index contributed by atoms with van der Waals surface area (Å²) in [6.45, 7) is 2.23. The lowest BCUT2D eigenvalue weighted by Crippen LogP contribution is -2.21. The Balaban J connectivity index is 2.33. The third-order valence-electron chi connectivity index (χ3n) is 1.93. The van der Waals surface area contributed by atoms with Crippen LogP contribution in [0.5, 0.6) is 0 Å². The maximum atomic E-state index is 5.68. The van der Waals surface area contributed by atoms with Crippen LogP contribution in [0.25, 0.3) is 0 Å². The van der Waals surface area contributed by atoms with Crippen LogP contribution in [0.1, 0.15) is 26.2 Å². The number of rotatable bonds is 0. The van der Waals surface area contributed by atoms with Gasteiger partial charge in [-0.3, -0.25) is 0 Å². The van der Waals surface area contributed by atoms with E-state index >= 15 is 0 Å². The Labute approximate surface area is 44.9 Å². The van der Waals surface area contributed by atoms with Crippen molar-refractivity contribution in [3.05, 3.63) is 0 Å². The van der Waals surface area contributed by atoms with E-state index in [4.69, 9.17) is 5.73 Å². The van der Waals surface area contributed by atoms with Gasteiger partial charge in [0.2, 0.25) is 0 Å². The minimum atomic E-state index is 0.514. The maximum absolute atomic E-state index is 5.68. The van der Waals surface area contributed by atoms with Crippen LogP contribution in [0.3, 0.4) is 0 Å². The highest BCUT2D eigenvalue weighted by Gasteiger charge is 2.18. The molecule has 1 aliphatic rings. The highest BCUT2D eigenvalue weighted by molar-refractivity contribution is 4.75. The smallest absolute Gasteiger partial charge is 0.00645 e. The fourth-order valence-electron chi connectivity index (χ4n) is 1.17. The molecular weight excluding hydrogens is 86.1 g/mol. The Morgan fingerprint density at radius 1 is 1.43 bits per heavy atom. The van der Waals surface area contributed by atoms with Gasteiger partial charge in [0.1, 0.15) is 0 Å². The molecule has 0 amide bonds. The summed E-state index contributed by atoms with van der Waals surface area (Å²) >= 11 is 0. The minimum Gasteiger partial charge on any atom is -0.327 e. The summed E-state index contributed by atoms with van der Waals surface area (Å²) in [5.41, 5.74) is 5.68. The van der Waals surface area contributed by atoms with Gasteiger partial charge in [0.15, 0.2) is 0 Å². The van der Waals surface area contributed by atoms with E-state index in [-0.39, 0.29) is 0 Å². The first kappa shape index (κ1) is 5.10. The first-order chi connectivity index (χ1) is 3.30. The molecule has 42 valence electrons. The summed E-state index contributed by atoms with van der Waals surface area (Å²) in [6, 6.07) is 0.514. The largest absolute Gasteiger partial charge is 0.327 e. The van der Waals surface area contributed by atoms with Gasteiger partial charge in [-0.2, -0.15) is 0 Å². The van der Waals surface area contributed by atoms with Crippen molar-refractivity contribution in [1.82, 2.24) is 0 Å². The van der Waals surface area contributed by atoms with E-state index in [1.54, 1.807) is 0 Å². The predicted octanol–water partition coefficient (Wildman–Crippen LogP) is 1.13. The van der Waals surface area contributed by atoms with Crippen LogP contribution in [-0.2, 0) is 0 Å². The molecule has 0 spiro atoms. The second-order valence-electron chi connectivity index (χ2n) is 2.57. The lowest BCUT2D eigenvalue weighted by molar-refractivity contribution is 0.527. The molecule has 1 aliphatic carbocycles. The van der Waals surface area contributed by atoms with Gasteiger partial charge < -0.3 is 5.73 Å². The molecular formula is C6H13N. The highest BCUT2D eigenvalue weighted by atomic mass is 14.7. The Morgan fingerprint density at radius 3 is 2.29 bits per heavy atom. The van der Waals surface area contributed by atoms with Gasteiger partial charge in [-0.15, -0.1) is 0 Å². The van der Waals surface area contributed by atoms with Crippen LogP contribution in [-0.4, -0.2) is 6.04 Å². The molecule has 0 aliphatic heterocycles. The Kier molecular flexibility index (Phi) is 1.33. The van der Waals surface area contributed by atoms with Crippen molar-refractivity contribution in [3.63, 3.8) is 0 Å². The molecule has 2 atom stereocenters. The second-order valence-corrected chi connectivity index (χ2v) is 2.57. The zero-order chi connectivity index (χ0) is 5.28. The lowest BCUT2D eigenvalue weighted by atomic mass is 10.1. The summed E-state index contributed by atoms with van der Waals surface area (Å²) in [5.74, 6) is 0.792. The summed E-state index contributed by atoms with van der Waals surface area (Å²) in [5, 5.41) is 0. The van der Waals surface area contributed by atoms with Gasteiger partial charge in [0.05, 0.1) is 0 Å². The van der Waals surface area contributed by atoms with Crippen LogP contribution in [0, 0.1) is 5.92 Å². The monoisotopic (exact) mass is 99.1 g/mol. The van der Waals surface area contributed by atoms with E-state index < -0.39 is 0 Å². The third-order valence-corrected chi connectivity index (χ3v) is 1.93. The summed E-state index contributed by atoms with van der Waals surface area (Å²) < 4.78 is 0. The molecule has 1 heteroatoms. The molecule has 0 bridgehead atoms. The van der Waals surface area contributed by atoms with Gasteiger partial charge in [0.25, 0.3) is 0 Å². The van der Waals surface area contributed by atoms with E-state index in [2.05, 4.69) is 6.92 Å². The van der Waals surface area contributed by atoms with Gasteiger partial charge >= 0.3 is 0 Å². The fourth-order valence-corrected chi connectivity index (χ4v) is 1.17. The summed E-state index contributed by atoms with van der Waals surface area (Å²) in [4.78, 5) is 0. The SMILES string of the molecule is C[C@H]1CCC[C@H]1N. The van der Waals surface area contributed by atoms with E-state index in [0.29, 0.717) is 6.04 Å². The lowest BCUT2D eigenvalue weighted by Gasteiger charge is -2.05. The zero-order valence-electron chi connectivity index (χ0n) is 4.85. The van der Waals surface area contributed by atoms with E-state index in [9.17, 15) is 0 Å². The highest BCUT2D eigenvalue weighted by Crippen LogP contribution is 2.22. The van der Waals surface area contributed by atoms with Gasteiger partial charge in [-0.1, -0.05) is 13.3 Å². The fraction of sp³-hybridized carbons (Fsp3) is 1.00. The Hall–Kier alpha value is -0.0400. The molecule has 0 saturated heterocycles. The van der Waals surface area contributed by atoms with E-state index in [1.165, 1.54) is 19.3 Å². The maximum Gasteiger partial charge on any atom is 0.00645 e. The molecule has 1 rings (SSSR count). The van der Waals surface area contributed by atoms with Crippen molar-refractivity contribution in [3.8, 4) is 0 Å². The van der Waals surface area contributed by atoms with Crippen molar-refractivity contribution in [1.29, 1.82) is 0 Å². The molecule has 0 aromatic carbocycles. The van der Waals surface area contributed by atoms with Crippen molar-refractivity contribution in [2.45, 2.75) is 32.2 Å².